The van der Waals surface area contributed by atoms with Gasteiger partial charge in [-0.25, -0.2) is 4.39 Å². The first-order chi connectivity index (χ1) is 14.5. The first kappa shape index (κ1) is 26.3. The molecule has 1 heterocycles. The number of aliphatic imine (C=N–C) groups is 1. The lowest BCUT2D eigenvalue weighted by Crippen LogP contribution is -2.47. The number of hydrogen-bond acceptors (Lipinski definition) is 4. The minimum Gasteiger partial charge on any atom is -0.392 e. The molecule has 1 aliphatic heterocycles. The fraction of sp³-hybridized carbons (Fsp3) is 0.696. The van der Waals surface area contributed by atoms with Crippen LogP contribution in [0.5, 0.6) is 0 Å². The monoisotopic (exact) mass is 548 g/mol. The van der Waals surface area contributed by atoms with Crippen molar-refractivity contribution in [2.75, 3.05) is 45.9 Å². The molecule has 1 aromatic carbocycles. The van der Waals surface area contributed by atoms with E-state index in [-0.39, 0.29) is 47.4 Å². The van der Waals surface area contributed by atoms with Crippen LogP contribution >= 0.6 is 24.0 Å². The van der Waals surface area contributed by atoms with E-state index in [9.17, 15) is 9.50 Å². The van der Waals surface area contributed by atoms with Crippen molar-refractivity contribution in [3.8, 4) is 0 Å². The molecule has 3 atom stereocenters. The first-order valence-electron chi connectivity index (χ1n) is 11.3. The zero-order valence-corrected chi connectivity index (χ0v) is 21.1. The van der Waals surface area contributed by atoms with Gasteiger partial charge < -0.3 is 20.5 Å². The molecule has 0 bridgehead atoms. The van der Waals surface area contributed by atoms with Crippen molar-refractivity contribution in [3.05, 3.63) is 35.6 Å². The Labute approximate surface area is 203 Å². The first-order valence-corrected chi connectivity index (χ1v) is 11.3. The zero-order chi connectivity index (χ0) is 21.4. The number of rotatable bonds is 7. The van der Waals surface area contributed by atoms with E-state index in [4.69, 9.17) is 9.73 Å². The molecule has 2 fully saturated rings. The van der Waals surface area contributed by atoms with Crippen LogP contribution in [0, 0.1) is 11.2 Å². The molecule has 3 unspecified atom stereocenters. The second kappa shape index (κ2) is 12.9. The summed E-state index contributed by atoms with van der Waals surface area (Å²) in [6, 6.07) is 6.87. The van der Waals surface area contributed by atoms with E-state index in [0.29, 0.717) is 26.3 Å². The molecule has 0 aromatic heterocycles. The van der Waals surface area contributed by atoms with Crippen molar-refractivity contribution >= 4 is 29.9 Å². The second-order valence-electron chi connectivity index (χ2n) is 8.71. The number of hydrogen-bond donors (Lipinski definition) is 3. The summed E-state index contributed by atoms with van der Waals surface area (Å²) in [6.45, 7) is 9.34. The number of benzene rings is 1. The van der Waals surface area contributed by atoms with Crippen LogP contribution in [0.3, 0.4) is 0 Å². The van der Waals surface area contributed by atoms with Crippen LogP contribution < -0.4 is 10.6 Å². The molecule has 3 N–H and O–H groups in total. The quantitative estimate of drug-likeness (QED) is 0.277. The molecule has 0 spiro atoms. The summed E-state index contributed by atoms with van der Waals surface area (Å²) in [5.74, 6) is 0.540. The summed E-state index contributed by atoms with van der Waals surface area (Å²) in [5.41, 5.74) is 0.914. The number of nitrogens with zero attached hydrogens (tertiary/aromatic N) is 2. The highest BCUT2D eigenvalue weighted by atomic mass is 127. The van der Waals surface area contributed by atoms with Crippen molar-refractivity contribution < 1.29 is 14.2 Å². The zero-order valence-electron chi connectivity index (χ0n) is 18.8. The topological polar surface area (TPSA) is 69.1 Å². The molecule has 1 aliphatic carbocycles. The van der Waals surface area contributed by atoms with E-state index in [1.54, 1.807) is 0 Å². The Balaban J connectivity index is 0.00000341. The van der Waals surface area contributed by atoms with Crippen LogP contribution in [-0.4, -0.2) is 68.0 Å². The van der Waals surface area contributed by atoms with Crippen LogP contribution in [0.4, 0.5) is 4.39 Å². The minimum atomic E-state index is -0.293. The normalized spacial score (nSPS) is 26.1. The van der Waals surface area contributed by atoms with Crippen molar-refractivity contribution in [3.63, 3.8) is 0 Å². The maximum Gasteiger partial charge on any atom is 0.191 e. The predicted molar refractivity (Wildman–Crippen MR) is 134 cm³/mol. The van der Waals surface area contributed by atoms with Gasteiger partial charge in [0.25, 0.3) is 0 Å². The van der Waals surface area contributed by atoms with Gasteiger partial charge in [0.1, 0.15) is 5.82 Å². The number of aliphatic hydroxyl groups is 1. The van der Waals surface area contributed by atoms with Crippen molar-refractivity contribution in [2.45, 2.75) is 51.7 Å². The Morgan fingerprint density at radius 3 is 2.61 bits per heavy atom. The van der Waals surface area contributed by atoms with Crippen molar-refractivity contribution in [1.29, 1.82) is 0 Å². The second-order valence-corrected chi connectivity index (χ2v) is 8.71. The standard InChI is InChI=1S/C23H37FN4O2.HI/c1-3-25-22(27-17-23(2)11-5-4-6-21(23)29)26-16-20(28-12-14-30-15-13-28)18-7-9-19(24)10-8-18;/h7-10,20-21,29H,3-6,11-17H2,1-2H3,(H2,25,26,27);1H. The third-order valence-corrected chi connectivity index (χ3v) is 6.43. The number of nitrogens with one attached hydrogen (secondary N) is 2. The Morgan fingerprint density at radius 1 is 1.26 bits per heavy atom. The summed E-state index contributed by atoms with van der Waals surface area (Å²) in [5, 5.41) is 17.3. The minimum absolute atomic E-state index is 0. The predicted octanol–water partition coefficient (Wildman–Crippen LogP) is 3.31. The van der Waals surface area contributed by atoms with Crippen LogP contribution in [0.15, 0.2) is 29.3 Å². The SMILES string of the molecule is CCNC(=NCC1(C)CCCCC1O)NCC(c1ccc(F)cc1)N1CCOCC1.I. The molecule has 1 aromatic rings. The van der Waals surface area contributed by atoms with Crippen LogP contribution in [0.25, 0.3) is 0 Å². The molecule has 6 nitrogen and oxygen atoms in total. The van der Waals surface area contributed by atoms with E-state index >= 15 is 0 Å². The highest BCUT2D eigenvalue weighted by molar-refractivity contribution is 14.0. The van der Waals surface area contributed by atoms with E-state index in [2.05, 4.69) is 22.5 Å². The number of halogens is 2. The molecule has 0 radical (unpaired) electrons. The van der Waals surface area contributed by atoms with Gasteiger partial charge in [0.2, 0.25) is 0 Å². The van der Waals surface area contributed by atoms with Gasteiger partial charge in [-0.1, -0.05) is 31.9 Å². The van der Waals surface area contributed by atoms with Gasteiger partial charge in [0.05, 0.1) is 31.9 Å². The average Bonchev–Trinajstić information content (AvgIpc) is 2.76. The third-order valence-electron chi connectivity index (χ3n) is 6.43. The molecule has 31 heavy (non-hydrogen) atoms. The van der Waals surface area contributed by atoms with Crippen molar-refractivity contribution in [2.24, 2.45) is 10.4 Å². The smallest absolute Gasteiger partial charge is 0.191 e. The summed E-state index contributed by atoms with van der Waals surface area (Å²) >= 11 is 0. The fourth-order valence-electron chi connectivity index (χ4n) is 4.39. The van der Waals surface area contributed by atoms with Gasteiger partial charge in [-0.3, -0.25) is 9.89 Å². The van der Waals surface area contributed by atoms with Gasteiger partial charge in [-0.05, 0) is 37.5 Å². The highest BCUT2D eigenvalue weighted by Crippen LogP contribution is 2.36. The number of ether oxygens (including phenoxy) is 1. The van der Waals surface area contributed by atoms with Gasteiger partial charge in [0.15, 0.2) is 5.96 Å². The molecule has 3 rings (SSSR count). The van der Waals surface area contributed by atoms with Crippen LogP contribution in [0.1, 0.15) is 51.1 Å². The molecule has 8 heteroatoms. The average molecular weight is 548 g/mol. The molecule has 176 valence electrons. The summed E-state index contributed by atoms with van der Waals surface area (Å²) in [6.07, 6.45) is 3.81. The van der Waals surface area contributed by atoms with E-state index < -0.39 is 0 Å². The molecule has 1 saturated carbocycles. The Kier molecular flexibility index (Phi) is 10.9. The fourth-order valence-corrected chi connectivity index (χ4v) is 4.39. The molecule has 1 saturated heterocycles. The number of morpholine rings is 1. The van der Waals surface area contributed by atoms with Crippen LogP contribution in [0.2, 0.25) is 0 Å². The lowest BCUT2D eigenvalue weighted by atomic mass is 9.73. The van der Waals surface area contributed by atoms with E-state index in [1.165, 1.54) is 12.1 Å². The number of guanidine groups is 1. The maximum absolute atomic E-state index is 13.5. The summed E-state index contributed by atoms with van der Waals surface area (Å²) in [4.78, 5) is 7.19. The number of aliphatic hydroxyl groups excluding tert-OH is 1. The van der Waals surface area contributed by atoms with Gasteiger partial charge in [0, 0.05) is 31.6 Å². The lowest BCUT2D eigenvalue weighted by Gasteiger charge is -2.37. The summed E-state index contributed by atoms with van der Waals surface area (Å²) < 4.78 is 19.0. The molecule has 2 aliphatic rings. The van der Waals surface area contributed by atoms with Gasteiger partial charge in [-0.2, -0.15) is 0 Å². The summed E-state index contributed by atoms with van der Waals surface area (Å²) in [7, 11) is 0. The van der Waals surface area contributed by atoms with Gasteiger partial charge >= 0.3 is 0 Å². The maximum atomic E-state index is 13.5. The Morgan fingerprint density at radius 2 is 1.97 bits per heavy atom. The Bertz CT molecular complexity index is 685. The van der Waals surface area contributed by atoms with Gasteiger partial charge in [-0.15, -0.1) is 24.0 Å². The molecular weight excluding hydrogens is 510 g/mol. The van der Waals surface area contributed by atoms with E-state index in [1.807, 2.05) is 19.1 Å². The largest absolute Gasteiger partial charge is 0.392 e. The van der Waals surface area contributed by atoms with E-state index in [0.717, 1.165) is 56.8 Å². The molecule has 0 amide bonds. The van der Waals surface area contributed by atoms with Crippen molar-refractivity contribution in [1.82, 2.24) is 15.5 Å². The third kappa shape index (κ3) is 7.54. The van der Waals surface area contributed by atoms with Crippen LogP contribution in [-0.2, 0) is 4.74 Å². The Hall–Kier alpha value is -0.970. The highest BCUT2D eigenvalue weighted by Gasteiger charge is 2.35. The lowest BCUT2D eigenvalue weighted by molar-refractivity contribution is 0.00711. The molecular formula is C23H38FIN4O2.